The van der Waals surface area contributed by atoms with Crippen LogP contribution < -0.4 is 5.43 Å². The van der Waals surface area contributed by atoms with E-state index in [4.69, 9.17) is 11.6 Å². The van der Waals surface area contributed by atoms with Gasteiger partial charge in [0, 0.05) is 10.6 Å². The highest BCUT2D eigenvalue weighted by Crippen LogP contribution is 2.28. The van der Waals surface area contributed by atoms with Gasteiger partial charge in [0.25, 0.3) is 5.91 Å². The maximum atomic E-state index is 12.5. The fourth-order valence-corrected chi connectivity index (χ4v) is 2.32. The quantitative estimate of drug-likeness (QED) is 0.506. The van der Waals surface area contributed by atoms with Gasteiger partial charge in [0.1, 0.15) is 5.69 Å². The van der Waals surface area contributed by atoms with Gasteiger partial charge in [-0.1, -0.05) is 35.9 Å². The van der Waals surface area contributed by atoms with Gasteiger partial charge < -0.3 is 0 Å². The minimum absolute atomic E-state index is 0.185. The van der Waals surface area contributed by atoms with Crippen LogP contribution in [0.2, 0.25) is 5.02 Å². The van der Waals surface area contributed by atoms with Gasteiger partial charge >= 0.3 is 6.18 Å². The first kappa shape index (κ1) is 18.7. The second-order valence-electron chi connectivity index (χ2n) is 5.49. The molecule has 0 aliphatic heterocycles. The lowest BCUT2D eigenvalue weighted by Crippen LogP contribution is -2.18. The average Bonchev–Trinajstić information content (AvgIpc) is 3.12. The largest absolute Gasteiger partial charge is 0.416 e. The van der Waals surface area contributed by atoms with Crippen LogP contribution in [0, 0.1) is 0 Å². The summed E-state index contributed by atoms with van der Waals surface area (Å²) in [6.07, 6.45) is -3.15. The van der Waals surface area contributed by atoms with Crippen molar-refractivity contribution < 1.29 is 18.0 Å². The van der Waals surface area contributed by atoms with Crippen LogP contribution in [0.25, 0.3) is 11.3 Å². The van der Waals surface area contributed by atoms with E-state index in [2.05, 4.69) is 20.7 Å². The van der Waals surface area contributed by atoms with E-state index in [0.29, 0.717) is 16.3 Å². The predicted octanol–water partition coefficient (Wildman–Crippen LogP) is 4.51. The van der Waals surface area contributed by atoms with Crippen molar-refractivity contribution in [2.75, 3.05) is 0 Å². The summed E-state index contributed by atoms with van der Waals surface area (Å²) >= 11 is 5.83. The highest BCUT2D eigenvalue weighted by atomic mass is 35.5. The third-order valence-electron chi connectivity index (χ3n) is 3.58. The normalized spacial score (nSPS) is 11.7. The Bertz CT molecular complexity index is 964. The summed E-state index contributed by atoms with van der Waals surface area (Å²) in [7, 11) is 0. The molecule has 0 spiro atoms. The highest BCUT2D eigenvalue weighted by molar-refractivity contribution is 6.30. The van der Waals surface area contributed by atoms with E-state index >= 15 is 0 Å². The smallest absolute Gasteiger partial charge is 0.272 e. The van der Waals surface area contributed by atoms with Crippen molar-refractivity contribution in [1.82, 2.24) is 15.6 Å². The van der Waals surface area contributed by atoms with Gasteiger partial charge in [-0.2, -0.15) is 23.4 Å². The Hall–Kier alpha value is -3.13. The van der Waals surface area contributed by atoms with E-state index in [1.54, 1.807) is 30.3 Å². The fourth-order valence-electron chi connectivity index (χ4n) is 2.19. The van der Waals surface area contributed by atoms with Crippen molar-refractivity contribution in [1.29, 1.82) is 0 Å². The molecule has 0 saturated carbocycles. The topological polar surface area (TPSA) is 70.1 Å². The number of hydrogen-bond donors (Lipinski definition) is 2. The number of hydrogen-bond acceptors (Lipinski definition) is 3. The number of carbonyl (C=O) groups is 1. The van der Waals surface area contributed by atoms with E-state index in [1.165, 1.54) is 18.3 Å². The molecule has 2 aromatic carbocycles. The molecule has 3 aromatic rings. The molecule has 1 aromatic heterocycles. The second kappa shape index (κ2) is 7.63. The maximum Gasteiger partial charge on any atom is 0.416 e. The molecule has 0 bridgehead atoms. The van der Waals surface area contributed by atoms with Crippen LogP contribution in [0.15, 0.2) is 59.7 Å². The summed E-state index contributed by atoms with van der Waals surface area (Å²) in [4.78, 5) is 12.1. The van der Waals surface area contributed by atoms with Crippen LogP contribution in [-0.4, -0.2) is 22.3 Å². The van der Waals surface area contributed by atoms with Gasteiger partial charge in [-0.15, -0.1) is 0 Å². The molecule has 0 fully saturated rings. The maximum absolute atomic E-state index is 12.5. The van der Waals surface area contributed by atoms with Gasteiger partial charge in [-0.05, 0) is 35.9 Å². The molecule has 0 radical (unpaired) electrons. The summed E-state index contributed by atoms with van der Waals surface area (Å²) in [5.74, 6) is -0.536. The molecule has 27 heavy (non-hydrogen) atoms. The third kappa shape index (κ3) is 4.73. The van der Waals surface area contributed by atoms with Gasteiger partial charge in [0.2, 0.25) is 0 Å². The zero-order valence-electron chi connectivity index (χ0n) is 13.6. The molecule has 0 aliphatic rings. The number of H-pyrrole nitrogens is 1. The minimum atomic E-state index is -4.40. The molecule has 1 amide bonds. The van der Waals surface area contributed by atoms with Gasteiger partial charge in [0.15, 0.2) is 0 Å². The number of amides is 1. The number of benzene rings is 2. The van der Waals surface area contributed by atoms with E-state index in [1.807, 2.05) is 0 Å². The number of nitrogens with one attached hydrogen (secondary N) is 2. The summed E-state index contributed by atoms with van der Waals surface area (Å²) in [6.45, 7) is 0. The molecule has 2 N–H and O–H groups in total. The Balaban J connectivity index is 1.62. The molecule has 0 unspecified atom stereocenters. The molecule has 0 atom stereocenters. The first-order valence-electron chi connectivity index (χ1n) is 7.65. The molecule has 138 valence electrons. The van der Waals surface area contributed by atoms with E-state index < -0.39 is 17.6 Å². The lowest BCUT2D eigenvalue weighted by atomic mass is 10.1. The number of nitrogens with zero attached hydrogens (tertiary/aromatic N) is 2. The van der Waals surface area contributed by atoms with Crippen LogP contribution in [0.5, 0.6) is 0 Å². The molecular weight excluding hydrogens is 381 g/mol. The Morgan fingerprint density at radius 2 is 1.78 bits per heavy atom. The first-order chi connectivity index (χ1) is 12.8. The van der Waals surface area contributed by atoms with Crippen molar-refractivity contribution in [3.8, 4) is 11.3 Å². The predicted molar refractivity (Wildman–Crippen MR) is 95.5 cm³/mol. The molecule has 9 heteroatoms. The molecule has 1 heterocycles. The van der Waals surface area contributed by atoms with Crippen molar-refractivity contribution in [2.45, 2.75) is 6.18 Å². The summed E-state index contributed by atoms with van der Waals surface area (Å²) in [5.41, 5.74) is 3.46. The van der Waals surface area contributed by atoms with Crippen molar-refractivity contribution in [2.24, 2.45) is 5.10 Å². The molecule has 0 aliphatic carbocycles. The summed E-state index contributed by atoms with van der Waals surface area (Å²) < 4.78 is 37.5. The molecule has 3 rings (SSSR count). The van der Waals surface area contributed by atoms with Crippen molar-refractivity contribution in [3.63, 3.8) is 0 Å². The van der Waals surface area contributed by atoms with Gasteiger partial charge in [-0.25, -0.2) is 5.43 Å². The highest BCUT2D eigenvalue weighted by Gasteiger charge is 2.29. The Morgan fingerprint density at radius 1 is 1.11 bits per heavy atom. The van der Waals surface area contributed by atoms with Crippen molar-refractivity contribution in [3.05, 3.63) is 76.4 Å². The number of aromatic nitrogens is 2. The monoisotopic (exact) mass is 392 g/mol. The molecular formula is C18H12ClF3N4O. The average molecular weight is 393 g/mol. The number of aromatic amines is 1. The number of hydrazone groups is 1. The Labute approximate surface area is 156 Å². The zero-order chi connectivity index (χ0) is 19.4. The Morgan fingerprint density at radius 3 is 2.41 bits per heavy atom. The molecule has 0 saturated heterocycles. The first-order valence-corrected chi connectivity index (χ1v) is 8.03. The third-order valence-corrected chi connectivity index (χ3v) is 3.83. The summed E-state index contributed by atoms with van der Waals surface area (Å²) in [6, 6.07) is 12.9. The Kier molecular flexibility index (Phi) is 5.27. The van der Waals surface area contributed by atoms with Crippen LogP contribution in [-0.2, 0) is 6.18 Å². The van der Waals surface area contributed by atoms with Gasteiger partial charge in [-0.3, -0.25) is 9.89 Å². The lowest BCUT2D eigenvalue weighted by Gasteiger charge is -2.05. The number of halogens is 4. The standard InChI is InChI=1S/C18H12ClF3N4O/c19-14-7-3-12(4-8-14)15-9-16(25-24-15)17(27)26-23-10-11-1-5-13(6-2-11)18(20,21)22/h1-10H,(H,24,25)(H,26,27). The SMILES string of the molecule is O=C(NN=Cc1ccc(C(F)(F)F)cc1)c1cc(-c2ccc(Cl)cc2)n[nH]1. The molecule has 5 nitrogen and oxygen atoms in total. The van der Waals surface area contributed by atoms with E-state index in [-0.39, 0.29) is 5.69 Å². The van der Waals surface area contributed by atoms with Crippen LogP contribution in [0.1, 0.15) is 21.6 Å². The van der Waals surface area contributed by atoms with E-state index in [0.717, 1.165) is 17.7 Å². The number of rotatable bonds is 4. The lowest BCUT2D eigenvalue weighted by molar-refractivity contribution is -0.137. The zero-order valence-corrected chi connectivity index (χ0v) is 14.3. The second-order valence-corrected chi connectivity index (χ2v) is 5.93. The van der Waals surface area contributed by atoms with Gasteiger partial charge in [0.05, 0.1) is 17.5 Å². The van der Waals surface area contributed by atoms with E-state index in [9.17, 15) is 18.0 Å². The summed E-state index contributed by atoms with van der Waals surface area (Å²) in [5, 5.41) is 11.0. The number of carbonyl (C=O) groups excluding carboxylic acids is 1. The van der Waals surface area contributed by atoms with Crippen molar-refractivity contribution >= 4 is 23.7 Å². The van der Waals surface area contributed by atoms with Crippen LogP contribution in [0.4, 0.5) is 13.2 Å². The fraction of sp³-hybridized carbons (Fsp3) is 0.0556. The number of alkyl halides is 3. The minimum Gasteiger partial charge on any atom is -0.272 e. The van der Waals surface area contributed by atoms with Crippen LogP contribution in [0.3, 0.4) is 0 Å². The van der Waals surface area contributed by atoms with Crippen LogP contribution >= 0.6 is 11.6 Å².